The second kappa shape index (κ2) is 10.3. The number of hydrogen-bond acceptors (Lipinski definition) is 5. The molecule has 1 aliphatic carbocycles. The Hall–Kier alpha value is -2.02. The van der Waals surface area contributed by atoms with E-state index in [1.165, 1.54) is 0 Å². The number of ether oxygens (including phenoxy) is 2. The van der Waals surface area contributed by atoms with Gasteiger partial charge in [-0.2, -0.15) is 0 Å². The fraction of sp³-hybridized carbons (Fsp3) is 0.368. The summed E-state index contributed by atoms with van der Waals surface area (Å²) in [5.74, 6) is 1.03. The number of nitrogens with zero attached hydrogens (tertiary/aromatic N) is 1. The molecule has 3 rings (SSSR count). The Labute approximate surface area is 171 Å². The maximum atomic E-state index is 12.5. The molecule has 1 saturated carbocycles. The smallest absolute Gasteiger partial charge is 0.244 e. The average molecular weight is 414 g/mol. The monoisotopic (exact) mass is 413 g/mol. The van der Waals surface area contributed by atoms with E-state index in [-0.39, 0.29) is 30.7 Å². The summed E-state index contributed by atoms with van der Waals surface area (Å²) in [6, 6.07) is 9.09. The number of nitrogens with one attached hydrogen (secondary N) is 1. The normalized spacial score (nSPS) is 14.4. The number of anilines is 1. The molecular formula is C19H25Cl2N3O3. The third kappa shape index (κ3) is 5.73. The fourth-order valence-corrected chi connectivity index (χ4v) is 3.00. The van der Waals surface area contributed by atoms with Crippen molar-refractivity contribution < 1.29 is 14.3 Å². The maximum absolute atomic E-state index is 12.5. The van der Waals surface area contributed by atoms with Crippen LogP contribution >= 0.6 is 24.8 Å². The molecule has 1 aromatic heterocycles. The van der Waals surface area contributed by atoms with Crippen LogP contribution < -0.4 is 20.5 Å². The summed E-state index contributed by atoms with van der Waals surface area (Å²) in [5, 5.41) is 2.90. The Morgan fingerprint density at radius 3 is 2.44 bits per heavy atom. The standard InChI is InChI=1S/C19H23N3O3.2ClH/c1-24-16-5-4-15(22-18(23)19(20)8-2-3-9-19)12-17(16)25-13-14-6-10-21-11-7-14;;/h4-7,10-12H,2-3,8-9,13,20H2,1H3,(H,22,23);2*1H. The van der Waals surface area contributed by atoms with Gasteiger partial charge in [0.05, 0.1) is 12.6 Å². The van der Waals surface area contributed by atoms with Gasteiger partial charge in [-0.1, -0.05) is 12.8 Å². The van der Waals surface area contributed by atoms with E-state index < -0.39 is 5.54 Å². The first-order chi connectivity index (χ1) is 12.1. The predicted octanol–water partition coefficient (Wildman–Crippen LogP) is 3.72. The predicted molar refractivity (Wildman–Crippen MR) is 110 cm³/mol. The van der Waals surface area contributed by atoms with Crippen molar-refractivity contribution in [2.24, 2.45) is 5.73 Å². The summed E-state index contributed by atoms with van der Waals surface area (Å²) >= 11 is 0. The van der Waals surface area contributed by atoms with E-state index >= 15 is 0 Å². The zero-order valence-corrected chi connectivity index (χ0v) is 16.8. The number of carbonyl (C=O) groups is 1. The van der Waals surface area contributed by atoms with Crippen molar-refractivity contribution >= 4 is 36.4 Å². The van der Waals surface area contributed by atoms with E-state index in [4.69, 9.17) is 15.2 Å². The molecule has 8 heteroatoms. The van der Waals surface area contributed by atoms with Crippen LogP contribution in [0, 0.1) is 0 Å². The van der Waals surface area contributed by atoms with Crippen molar-refractivity contribution in [2.75, 3.05) is 12.4 Å². The molecule has 2 aromatic rings. The minimum atomic E-state index is -0.766. The van der Waals surface area contributed by atoms with Gasteiger partial charge in [0.25, 0.3) is 0 Å². The number of amides is 1. The third-order valence-corrected chi connectivity index (χ3v) is 4.51. The molecular weight excluding hydrogens is 389 g/mol. The lowest BCUT2D eigenvalue weighted by Crippen LogP contribution is -2.48. The van der Waals surface area contributed by atoms with E-state index in [1.54, 1.807) is 37.7 Å². The summed E-state index contributed by atoms with van der Waals surface area (Å²) in [5.41, 5.74) is 7.08. The second-order valence-corrected chi connectivity index (χ2v) is 6.33. The van der Waals surface area contributed by atoms with Gasteiger partial charge in [0.1, 0.15) is 6.61 Å². The first-order valence-corrected chi connectivity index (χ1v) is 8.41. The zero-order chi connectivity index (χ0) is 17.7. The van der Waals surface area contributed by atoms with Crippen molar-refractivity contribution in [1.29, 1.82) is 0 Å². The maximum Gasteiger partial charge on any atom is 0.244 e. The van der Waals surface area contributed by atoms with Gasteiger partial charge in [-0.25, -0.2) is 0 Å². The third-order valence-electron chi connectivity index (χ3n) is 4.51. The minimum absolute atomic E-state index is 0. The molecule has 148 valence electrons. The van der Waals surface area contributed by atoms with Gasteiger partial charge in [-0.15, -0.1) is 24.8 Å². The molecule has 27 heavy (non-hydrogen) atoms. The van der Waals surface area contributed by atoms with Crippen LogP contribution in [0.15, 0.2) is 42.7 Å². The summed E-state index contributed by atoms with van der Waals surface area (Å²) in [4.78, 5) is 16.5. The van der Waals surface area contributed by atoms with E-state index in [1.807, 2.05) is 12.1 Å². The van der Waals surface area contributed by atoms with Crippen LogP contribution in [0.4, 0.5) is 5.69 Å². The van der Waals surface area contributed by atoms with Gasteiger partial charge < -0.3 is 20.5 Å². The summed E-state index contributed by atoms with van der Waals surface area (Å²) in [7, 11) is 1.58. The number of hydrogen-bond donors (Lipinski definition) is 2. The lowest BCUT2D eigenvalue weighted by atomic mass is 9.98. The van der Waals surface area contributed by atoms with E-state index in [0.29, 0.717) is 23.8 Å². The molecule has 1 aromatic carbocycles. The van der Waals surface area contributed by atoms with Crippen molar-refractivity contribution in [1.82, 2.24) is 4.98 Å². The lowest BCUT2D eigenvalue weighted by Gasteiger charge is -2.22. The Morgan fingerprint density at radius 1 is 1.15 bits per heavy atom. The molecule has 0 saturated heterocycles. The van der Waals surface area contributed by atoms with Gasteiger partial charge in [-0.3, -0.25) is 9.78 Å². The number of pyridine rings is 1. The first-order valence-electron chi connectivity index (χ1n) is 8.41. The molecule has 6 nitrogen and oxygen atoms in total. The zero-order valence-electron chi connectivity index (χ0n) is 15.1. The van der Waals surface area contributed by atoms with Crippen LogP contribution in [0.5, 0.6) is 11.5 Å². The van der Waals surface area contributed by atoms with Gasteiger partial charge in [0.2, 0.25) is 5.91 Å². The quantitative estimate of drug-likeness (QED) is 0.753. The van der Waals surface area contributed by atoms with Crippen LogP contribution in [0.1, 0.15) is 31.2 Å². The van der Waals surface area contributed by atoms with Crippen LogP contribution in [0.2, 0.25) is 0 Å². The fourth-order valence-electron chi connectivity index (χ4n) is 3.00. The number of methoxy groups -OCH3 is 1. The number of aromatic nitrogens is 1. The van der Waals surface area contributed by atoms with Gasteiger partial charge >= 0.3 is 0 Å². The molecule has 0 unspecified atom stereocenters. The van der Waals surface area contributed by atoms with Crippen LogP contribution in [0.25, 0.3) is 0 Å². The summed E-state index contributed by atoms with van der Waals surface area (Å²) in [6.07, 6.45) is 6.87. The Bertz CT molecular complexity index is 738. The lowest BCUT2D eigenvalue weighted by molar-refractivity contribution is -0.121. The second-order valence-electron chi connectivity index (χ2n) is 6.33. The molecule has 0 atom stereocenters. The van der Waals surface area contributed by atoms with Crippen LogP contribution in [-0.2, 0) is 11.4 Å². The van der Waals surface area contributed by atoms with Gasteiger partial charge in [-0.05, 0) is 42.7 Å². The summed E-state index contributed by atoms with van der Waals surface area (Å²) in [6.45, 7) is 0.386. The van der Waals surface area contributed by atoms with Crippen molar-refractivity contribution in [3.8, 4) is 11.5 Å². The molecule has 1 amide bonds. The highest BCUT2D eigenvalue weighted by atomic mass is 35.5. The van der Waals surface area contributed by atoms with Crippen molar-refractivity contribution in [3.05, 3.63) is 48.3 Å². The molecule has 1 heterocycles. The van der Waals surface area contributed by atoms with Gasteiger partial charge in [0.15, 0.2) is 11.5 Å². The van der Waals surface area contributed by atoms with E-state index in [9.17, 15) is 4.79 Å². The van der Waals surface area contributed by atoms with E-state index in [2.05, 4.69) is 10.3 Å². The first kappa shape index (κ1) is 23.0. The largest absolute Gasteiger partial charge is 0.493 e. The Morgan fingerprint density at radius 2 is 1.81 bits per heavy atom. The molecule has 0 bridgehead atoms. The van der Waals surface area contributed by atoms with Crippen molar-refractivity contribution in [2.45, 2.75) is 37.8 Å². The SMILES string of the molecule is COc1ccc(NC(=O)C2(N)CCCC2)cc1OCc1ccncc1.Cl.Cl. The van der Waals surface area contributed by atoms with Crippen LogP contribution in [-0.4, -0.2) is 23.5 Å². The summed E-state index contributed by atoms with van der Waals surface area (Å²) < 4.78 is 11.2. The van der Waals surface area contributed by atoms with E-state index in [0.717, 1.165) is 31.2 Å². The highest BCUT2D eigenvalue weighted by Gasteiger charge is 2.37. The molecule has 0 spiro atoms. The van der Waals surface area contributed by atoms with Crippen LogP contribution in [0.3, 0.4) is 0 Å². The highest BCUT2D eigenvalue weighted by molar-refractivity contribution is 5.98. The average Bonchev–Trinajstić information content (AvgIpc) is 3.09. The molecule has 0 radical (unpaired) electrons. The number of nitrogens with two attached hydrogens (primary N) is 1. The topological polar surface area (TPSA) is 86.5 Å². The Kier molecular flexibility index (Phi) is 8.82. The molecule has 1 fully saturated rings. The minimum Gasteiger partial charge on any atom is -0.493 e. The molecule has 1 aliphatic rings. The van der Waals surface area contributed by atoms with Gasteiger partial charge in [0, 0.05) is 24.1 Å². The number of benzene rings is 1. The number of halogens is 2. The highest BCUT2D eigenvalue weighted by Crippen LogP contribution is 2.33. The number of rotatable bonds is 6. The van der Waals surface area contributed by atoms with Crippen molar-refractivity contribution in [3.63, 3.8) is 0 Å². The Balaban J connectivity index is 0.00000182. The molecule has 3 N–H and O–H groups in total. The molecule has 0 aliphatic heterocycles. The number of carbonyl (C=O) groups excluding carboxylic acids is 1.